The molecule has 5 rings (SSSR count). The molecule has 38 heavy (non-hydrogen) atoms. The van der Waals surface area contributed by atoms with Crippen molar-refractivity contribution in [2.45, 2.75) is 12.4 Å². The van der Waals surface area contributed by atoms with Crippen LogP contribution in [0.25, 0.3) is 44.3 Å². The summed E-state index contributed by atoms with van der Waals surface area (Å²) in [6.45, 7) is 7.37. The van der Waals surface area contributed by atoms with Crippen molar-refractivity contribution in [1.82, 2.24) is 19.9 Å². The number of halogens is 6. The Morgan fingerprint density at radius 1 is 0.684 bits per heavy atom. The van der Waals surface area contributed by atoms with E-state index < -0.39 is 23.5 Å². The highest BCUT2D eigenvalue weighted by atomic mass is 19.4. The molecule has 4 aromatic rings. The second-order valence-corrected chi connectivity index (χ2v) is 8.00. The minimum Gasteiger partial charge on any atom is -0.253 e. The van der Waals surface area contributed by atoms with Gasteiger partial charge in [-0.2, -0.15) is 26.3 Å². The molecule has 186 valence electrons. The van der Waals surface area contributed by atoms with Crippen molar-refractivity contribution < 1.29 is 26.3 Å². The van der Waals surface area contributed by atoms with Gasteiger partial charge in [0.15, 0.2) is 0 Å². The fraction of sp³-hybridized carbons (Fsp3) is 0.0769. The van der Waals surface area contributed by atoms with Crippen LogP contribution in [0.1, 0.15) is 22.5 Å². The molecule has 0 amide bonds. The quantitative estimate of drug-likeness (QED) is 0.145. The third-order valence-corrected chi connectivity index (χ3v) is 5.71. The normalized spacial score (nSPS) is 12.4. The maximum atomic E-state index is 13.0. The zero-order valence-electron chi connectivity index (χ0n) is 18.7. The van der Waals surface area contributed by atoms with Gasteiger partial charge in [-0.3, -0.25) is 9.97 Å². The Bertz CT molecular complexity index is 1560. The Kier molecular flexibility index (Phi) is 5.68. The molecule has 2 heterocycles. The third kappa shape index (κ3) is 4.22. The first-order valence-corrected chi connectivity index (χ1v) is 10.6. The average molecular weight is 520 g/mol. The molecule has 0 saturated heterocycles. The van der Waals surface area contributed by atoms with Crippen LogP contribution in [0.3, 0.4) is 0 Å². The van der Waals surface area contributed by atoms with Gasteiger partial charge < -0.3 is 0 Å². The second kappa shape index (κ2) is 8.78. The molecular weight excluding hydrogens is 510 g/mol. The number of rotatable bonds is 2. The summed E-state index contributed by atoms with van der Waals surface area (Å²) in [4.78, 5) is 20.9. The Balaban J connectivity index is 1.65. The van der Waals surface area contributed by atoms with Gasteiger partial charge in [0.1, 0.15) is 11.4 Å². The van der Waals surface area contributed by atoms with E-state index in [4.69, 9.17) is 6.57 Å². The smallest absolute Gasteiger partial charge is 0.253 e. The molecule has 0 bridgehead atoms. The number of benzene rings is 2. The summed E-state index contributed by atoms with van der Waals surface area (Å²) in [7, 11) is 0. The molecule has 0 unspecified atom stereocenters. The molecule has 0 fully saturated rings. The lowest BCUT2D eigenvalue weighted by Crippen LogP contribution is -2.04. The highest BCUT2D eigenvalue weighted by Gasteiger charge is 2.34. The molecule has 0 N–H and O–H groups in total. The molecule has 12 heteroatoms. The van der Waals surface area contributed by atoms with Crippen molar-refractivity contribution in [2.75, 3.05) is 0 Å². The van der Waals surface area contributed by atoms with E-state index in [1.807, 2.05) is 0 Å². The van der Waals surface area contributed by atoms with Gasteiger partial charge in [-0.1, -0.05) is 24.3 Å². The number of nitriles is 1. The summed E-state index contributed by atoms with van der Waals surface area (Å²) in [5.74, 6) is 0. The number of aromatic nitrogens is 4. The van der Waals surface area contributed by atoms with Crippen LogP contribution in [0.2, 0.25) is 0 Å². The van der Waals surface area contributed by atoms with Crippen LogP contribution >= 0.6 is 0 Å². The van der Waals surface area contributed by atoms with Gasteiger partial charge in [0, 0.05) is 16.7 Å². The van der Waals surface area contributed by atoms with Gasteiger partial charge in [0.05, 0.1) is 58.9 Å². The van der Waals surface area contributed by atoms with E-state index in [-0.39, 0.29) is 45.4 Å². The van der Waals surface area contributed by atoms with Crippen molar-refractivity contribution in [1.29, 1.82) is 5.26 Å². The molecule has 2 aromatic heterocycles. The van der Waals surface area contributed by atoms with Crippen molar-refractivity contribution in [3.8, 4) is 40.0 Å². The molecule has 0 radical (unpaired) electrons. The van der Waals surface area contributed by atoms with Crippen LogP contribution in [-0.4, -0.2) is 19.9 Å². The number of hydrogen-bond donors (Lipinski definition) is 0. The van der Waals surface area contributed by atoms with Gasteiger partial charge in [-0.15, -0.1) is 0 Å². The summed E-state index contributed by atoms with van der Waals surface area (Å²) < 4.78 is 77.7. The van der Waals surface area contributed by atoms with E-state index in [9.17, 15) is 31.6 Å². The first kappa shape index (κ1) is 24.6. The SMILES string of the molecule is [C-]#[N+]C(C#N)=C1c2ncc(-c3ccc(C(F)(F)F)cc3)nc2-c2nc(-c3ccc(C(F)(F)F)cc3)cnc21. The Morgan fingerprint density at radius 2 is 1.08 bits per heavy atom. The molecule has 2 aromatic carbocycles. The topological polar surface area (TPSA) is 79.7 Å². The van der Waals surface area contributed by atoms with Crippen LogP contribution < -0.4 is 0 Å². The van der Waals surface area contributed by atoms with Gasteiger partial charge in [-0.25, -0.2) is 20.1 Å². The summed E-state index contributed by atoms with van der Waals surface area (Å²) >= 11 is 0. The van der Waals surface area contributed by atoms with E-state index in [0.29, 0.717) is 11.1 Å². The lowest BCUT2D eigenvalue weighted by molar-refractivity contribution is -0.138. The highest BCUT2D eigenvalue weighted by Crippen LogP contribution is 2.43. The minimum absolute atomic E-state index is 0.0884. The van der Waals surface area contributed by atoms with E-state index in [1.54, 1.807) is 6.07 Å². The molecular formula is C26H10F6N6. The summed E-state index contributed by atoms with van der Waals surface area (Å²) in [5, 5.41) is 9.48. The van der Waals surface area contributed by atoms with Crippen molar-refractivity contribution in [3.05, 3.63) is 101 Å². The first-order valence-electron chi connectivity index (χ1n) is 10.6. The van der Waals surface area contributed by atoms with E-state index in [0.717, 1.165) is 24.3 Å². The maximum Gasteiger partial charge on any atom is 0.416 e. The molecule has 0 saturated carbocycles. The number of nitrogens with zero attached hydrogens (tertiary/aromatic N) is 6. The fourth-order valence-corrected chi connectivity index (χ4v) is 3.89. The Morgan fingerprint density at radius 3 is 1.39 bits per heavy atom. The summed E-state index contributed by atoms with van der Waals surface area (Å²) in [6, 6.07) is 10.3. The van der Waals surface area contributed by atoms with Crippen molar-refractivity contribution >= 4 is 5.57 Å². The number of alkyl halides is 6. The zero-order chi connectivity index (χ0) is 27.2. The average Bonchev–Trinajstić information content (AvgIpc) is 3.22. The molecule has 6 nitrogen and oxygen atoms in total. The van der Waals surface area contributed by atoms with Crippen LogP contribution in [0.4, 0.5) is 26.3 Å². The zero-order valence-corrected chi connectivity index (χ0v) is 18.7. The lowest BCUT2D eigenvalue weighted by Gasteiger charge is -2.09. The van der Waals surface area contributed by atoms with Crippen LogP contribution in [0.15, 0.2) is 66.6 Å². The first-order chi connectivity index (χ1) is 18.0. The molecule has 0 aliphatic heterocycles. The van der Waals surface area contributed by atoms with Gasteiger partial charge in [-0.05, 0) is 24.3 Å². The Labute approximate surface area is 210 Å². The van der Waals surface area contributed by atoms with E-state index in [2.05, 4.69) is 24.8 Å². The predicted molar refractivity (Wildman–Crippen MR) is 122 cm³/mol. The number of fused-ring (bicyclic) bond motifs is 3. The van der Waals surface area contributed by atoms with Gasteiger partial charge in [0.2, 0.25) is 0 Å². The van der Waals surface area contributed by atoms with Gasteiger partial charge >= 0.3 is 12.4 Å². The van der Waals surface area contributed by atoms with Crippen LogP contribution in [0.5, 0.6) is 0 Å². The lowest BCUT2D eigenvalue weighted by atomic mass is 10.1. The van der Waals surface area contributed by atoms with Crippen molar-refractivity contribution in [2.24, 2.45) is 0 Å². The minimum atomic E-state index is -4.52. The van der Waals surface area contributed by atoms with Gasteiger partial charge in [0.25, 0.3) is 5.70 Å². The molecule has 0 atom stereocenters. The second-order valence-electron chi connectivity index (χ2n) is 8.00. The summed E-state index contributed by atoms with van der Waals surface area (Å²) in [6.07, 6.45) is -6.44. The predicted octanol–water partition coefficient (Wildman–Crippen LogP) is 6.82. The molecule has 1 aliphatic carbocycles. The monoisotopic (exact) mass is 520 g/mol. The van der Waals surface area contributed by atoms with E-state index >= 15 is 0 Å². The Hall–Kier alpha value is -5.10. The molecule has 1 aliphatic rings. The van der Waals surface area contributed by atoms with Crippen LogP contribution in [-0.2, 0) is 12.4 Å². The standard InChI is InChI=1S/C26H10F6N6/c1-34-17(10-33)20-21-23(37-18(11-35-21)13-2-6-15(7-3-13)25(27,28)29)24-22(20)36-12-19(38-24)14-4-8-16(9-5-14)26(30,31)32/h2-9,11-12H. The van der Waals surface area contributed by atoms with Crippen molar-refractivity contribution in [3.63, 3.8) is 0 Å². The highest BCUT2D eigenvalue weighted by molar-refractivity contribution is 5.98. The molecule has 0 spiro atoms. The van der Waals surface area contributed by atoms with Crippen LogP contribution in [0, 0.1) is 17.9 Å². The largest absolute Gasteiger partial charge is 0.416 e. The maximum absolute atomic E-state index is 13.0. The summed E-state index contributed by atoms with van der Waals surface area (Å²) in [5.41, 5.74) is -0.336. The third-order valence-electron chi connectivity index (χ3n) is 5.71. The van der Waals surface area contributed by atoms with E-state index in [1.165, 1.54) is 36.7 Å². The number of allylic oxidation sites excluding steroid dienone is 1. The fourth-order valence-electron chi connectivity index (χ4n) is 3.89. The number of hydrogen-bond acceptors (Lipinski definition) is 5.